The highest BCUT2D eigenvalue weighted by Gasteiger charge is 2.25. The minimum absolute atomic E-state index is 0.0726. The number of rotatable bonds is 5. The highest BCUT2D eigenvalue weighted by Crippen LogP contribution is 2.29. The summed E-state index contributed by atoms with van der Waals surface area (Å²) < 4.78 is 26.5. The van der Waals surface area contributed by atoms with Crippen LogP contribution >= 0.6 is 0 Å². The SMILES string of the molecule is CN1Cc2cc(NC(=O)c3cc(S(=O)(=O)N(C)C)ccc3N3CCCC3)ccc2CC1=O. The Balaban J connectivity index is 1.67. The van der Waals surface area contributed by atoms with E-state index < -0.39 is 10.0 Å². The third-order valence-corrected chi connectivity index (χ3v) is 7.89. The van der Waals surface area contributed by atoms with Gasteiger partial charge in [0.1, 0.15) is 0 Å². The van der Waals surface area contributed by atoms with E-state index in [0.717, 1.165) is 47.1 Å². The molecule has 1 N–H and O–H groups in total. The lowest BCUT2D eigenvalue weighted by Gasteiger charge is -2.25. The molecule has 2 aliphatic rings. The van der Waals surface area contributed by atoms with Crippen molar-refractivity contribution in [2.45, 2.75) is 30.7 Å². The summed E-state index contributed by atoms with van der Waals surface area (Å²) in [5, 5.41) is 2.93. The Kier molecular flexibility index (Phi) is 5.96. The van der Waals surface area contributed by atoms with Crippen LogP contribution in [0.5, 0.6) is 0 Å². The molecule has 170 valence electrons. The van der Waals surface area contributed by atoms with Crippen LogP contribution in [0.2, 0.25) is 0 Å². The highest BCUT2D eigenvalue weighted by atomic mass is 32.2. The Bertz CT molecular complexity index is 1170. The Hall–Kier alpha value is -2.91. The fourth-order valence-electron chi connectivity index (χ4n) is 4.17. The van der Waals surface area contributed by atoms with Crippen LogP contribution in [0.1, 0.15) is 34.3 Å². The zero-order chi connectivity index (χ0) is 23.0. The molecule has 32 heavy (non-hydrogen) atoms. The maximum Gasteiger partial charge on any atom is 0.257 e. The summed E-state index contributed by atoms with van der Waals surface area (Å²) in [6.07, 6.45) is 2.43. The quantitative estimate of drug-likeness (QED) is 0.746. The van der Waals surface area contributed by atoms with Gasteiger partial charge in [0.2, 0.25) is 15.9 Å². The van der Waals surface area contributed by atoms with Crippen LogP contribution in [0.4, 0.5) is 11.4 Å². The summed E-state index contributed by atoms with van der Waals surface area (Å²) in [6, 6.07) is 10.3. The van der Waals surface area contributed by atoms with E-state index in [0.29, 0.717) is 24.2 Å². The second kappa shape index (κ2) is 8.55. The summed E-state index contributed by atoms with van der Waals surface area (Å²) >= 11 is 0. The van der Waals surface area contributed by atoms with Crippen LogP contribution in [0.15, 0.2) is 41.3 Å². The molecule has 0 atom stereocenters. The number of nitrogens with one attached hydrogen (secondary N) is 1. The van der Waals surface area contributed by atoms with Crippen molar-refractivity contribution in [1.29, 1.82) is 0 Å². The van der Waals surface area contributed by atoms with Gasteiger partial charge >= 0.3 is 0 Å². The fourth-order valence-corrected chi connectivity index (χ4v) is 5.09. The normalized spacial score (nSPS) is 16.4. The van der Waals surface area contributed by atoms with E-state index in [-0.39, 0.29) is 16.7 Å². The highest BCUT2D eigenvalue weighted by molar-refractivity contribution is 7.89. The van der Waals surface area contributed by atoms with Crippen molar-refractivity contribution >= 4 is 33.2 Å². The van der Waals surface area contributed by atoms with Gasteiger partial charge < -0.3 is 15.1 Å². The molecule has 2 aromatic rings. The van der Waals surface area contributed by atoms with Crippen LogP contribution in [-0.2, 0) is 27.8 Å². The lowest BCUT2D eigenvalue weighted by atomic mass is 9.99. The van der Waals surface area contributed by atoms with Gasteiger partial charge in [-0.3, -0.25) is 9.59 Å². The Labute approximate surface area is 188 Å². The van der Waals surface area contributed by atoms with Crippen molar-refractivity contribution in [2.75, 3.05) is 44.4 Å². The molecule has 0 bridgehead atoms. The maximum absolute atomic E-state index is 13.3. The predicted octanol–water partition coefficient (Wildman–Crippen LogP) is 2.30. The van der Waals surface area contributed by atoms with Gasteiger partial charge in [-0.1, -0.05) is 6.07 Å². The Morgan fingerprint density at radius 2 is 1.75 bits per heavy atom. The van der Waals surface area contributed by atoms with Crippen molar-refractivity contribution in [3.8, 4) is 0 Å². The van der Waals surface area contributed by atoms with Crippen molar-refractivity contribution < 1.29 is 18.0 Å². The Morgan fingerprint density at radius 1 is 1.03 bits per heavy atom. The summed E-state index contributed by atoms with van der Waals surface area (Å²) in [7, 11) is 1.03. The van der Waals surface area contributed by atoms with Gasteiger partial charge in [-0.2, -0.15) is 0 Å². The van der Waals surface area contributed by atoms with Gasteiger partial charge in [0.25, 0.3) is 5.91 Å². The standard InChI is InChI=1S/C23H28N4O4S/c1-25(2)32(30,31)19-8-9-21(27-10-4-5-11-27)20(14-19)23(29)24-18-7-6-16-13-22(28)26(3)15-17(16)12-18/h6-9,12,14H,4-5,10-11,13,15H2,1-3H3,(H,24,29). The maximum atomic E-state index is 13.3. The zero-order valence-electron chi connectivity index (χ0n) is 18.6. The van der Waals surface area contributed by atoms with Crippen LogP contribution < -0.4 is 10.2 Å². The molecule has 0 aliphatic carbocycles. The minimum atomic E-state index is -3.67. The first-order valence-corrected chi connectivity index (χ1v) is 12.1. The Morgan fingerprint density at radius 3 is 2.44 bits per heavy atom. The molecule has 2 aliphatic heterocycles. The molecule has 0 aromatic heterocycles. The summed E-state index contributed by atoms with van der Waals surface area (Å²) in [4.78, 5) is 29.1. The number of carbonyl (C=O) groups is 2. The smallest absolute Gasteiger partial charge is 0.257 e. The van der Waals surface area contributed by atoms with E-state index in [2.05, 4.69) is 10.2 Å². The van der Waals surface area contributed by atoms with Gasteiger partial charge in [0.05, 0.1) is 16.9 Å². The molecule has 0 spiro atoms. The third-order valence-electron chi connectivity index (χ3n) is 6.08. The molecule has 9 heteroatoms. The number of nitrogens with zero attached hydrogens (tertiary/aromatic N) is 3. The third kappa shape index (κ3) is 4.22. The molecule has 2 amide bonds. The zero-order valence-corrected chi connectivity index (χ0v) is 19.4. The summed E-state index contributed by atoms with van der Waals surface area (Å²) in [5.41, 5.74) is 3.64. The topological polar surface area (TPSA) is 90.0 Å². The number of fused-ring (bicyclic) bond motifs is 1. The van der Waals surface area contributed by atoms with E-state index in [1.165, 1.54) is 20.2 Å². The number of carbonyl (C=O) groups excluding carboxylic acids is 2. The van der Waals surface area contributed by atoms with Crippen molar-refractivity contribution in [3.63, 3.8) is 0 Å². The fraction of sp³-hybridized carbons (Fsp3) is 0.391. The molecule has 2 heterocycles. The molecule has 0 radical (unpaired) electrons. The van der Waals surface area contributed by atoms with Crippen LogP contribution in [-0.4, -0.2) is 63.7 Å². The van der Waals surface area contributed by atoms with Crippen LogP contribution in [0.3, 0.4) is 0 Å². The van der Waals surface area contributed by atoms with Crippen molar-refractivity contribution in [1.82, 2.24) is 9.21 Å². The number of hydrogen-bond donors (Lipinski definition) is 1. The molecule has 0 unspecified atom stereocenters. The number of amides is 2. The van der Waals surface area contributed by atoms with E-state index in [9.17, 15) is 18.0 Å². The van der Waals surface area contributed by atoms with E-state index in [4.69, 9.17) is 0 Å². The largest absolute Gasteiger partial charge is 0.371 e. The van der Waals surface area contributed by atoms with Crippen LogP contribution in [0, 0.1) is 0 Å². The average Bonchev–Trinajstić information content (AvgIpc) is 3.29. The number of hydrogen-bond acceptors (Lipinski definition) is 5. The van der Waals surface area contributed by atoms with E-state index >= 15 is 0 Å². The molecule has 1 saturated heterocycles. The summed E-state index contributed by atoms with van der Waals surface area (Å²) in [5.74, 6) is -0.286. The first-order valence-electron chi connectivity index (χ1n) is 10.7. The van der Waals surface area contributed by atoms with Gasteiger partial charge in [0.15, 0.2) is 0 Å². The minimum Gasteiger partial charge on any atom is -0.371 e. The van der Waals surface area contributed by atoms with Gasteiger partial charge in [-0.15, -0.1) is 0 Å². The first-order chi connectivity index (χ1) is 15.2. The molecule has 0 saturated carbocycles. The van der Waals surface area contributed by atoms with E-state index in [1.807, 2.05) is 12.1 Å². The number of anilines is 2. The molecule has 1 fully saturated rings. The monoisotopic (exact) mass is 456 g/mol. The van der Waals surface area contributed by atoms with Gasteiger partial charge in [0, 0.05) is 52.2 Å². The van der Waals surface area contributed by atoms with E-state index in [1.54, 1.807) is 30.1 Å². The summed E-state index contributed by atoms with van der Waals surface area (Å²) in [6.45, 7) is 2.16. The lowest BCUT2D eigenvalue weighted by Crippen LogP contribution is -2.32. The number of sulfonamides is 1. The molecule has 4 rings (SSSR count). The second-order valence-corrected chi connectivity index (χ2v) is 10.7. The lowest BCUT2D eigenvalue weighted by molar-refractivity contribution is -0.130. The molecular weight excluding hydrogens is 428 g/mol. The predicted molar refractivity (Wildman–Crippen MR) is 123 cm³/mol. The average molecular weight is 457 g/mol. The van der Waals surface area contributed by atoms with Gasteiger partial charge in [-0.25, -0.2) is 12.7 Å². The van der Waals surface area contributed by atoms with Crippen molar-refractivity contribution in [3.05, 3.63) is 53.1 Å². The molecular formula is C23H28N4O4S. The second-order valence-electron chi connectivity index (χ2n) is 8.52. The molecule has 8 nitrogen and oxygen atoms in total. The number of likely N-dealkylation sites (N-methyl/N-ethyl adjacent to an activating group) is 1. The van der Waals surface area contributed by atoms with Crippen LogP contribution in [0.25, 0.3) is 0 Å². The number of benzene rings is 2. The van der Waals surface area contributed by atoms with Crippen molar-refractivity contribution in [2.24, 2.45) is 0 Å². The first kappa shape index (κ1) is 22.3. The van der Waals surface area contributed by atoms with Gasteiger partial charge in [-0.05, 0) is 54.3 Å². The molecule has 2 aromatic carbocycles.